The van der Waals surface area contributed by atoms with Gasteiger partial charge in [-0.05, 0) is 39.3 Å². The fourth-order valence-corrected chi connectivity index (χ4v) is 4.65. The molecule has 0 saturated carbocycles. The van der Waals surface area contributed by atoms with Gasteiger partial charge >= 0.3 is 0 Å². The van der Waals surface area contributed by atoms with Gasteiger partial charge in [-0.15, -0.1) is 11.3 Å². The van der Waals surface area contributed by atoms with Gasteiger partial charge in [-0.2, -0.15) is 5.10 Å². The van der Waals surface area contributed by atoms with Gasteiger partial charge in [-0.3, -0.25) is 14.7 Å². The van der Waals surface area contributed by atoms with Gasteiger partial charge in [0.15, 0.2) is 5.82 Å². The number of amides is 2. The molecule has 1 fully saturated rings. The first-order chi connectivity index (χ1) is 14.4. The molecule has 9 heteroatoms. The SMILES string of the molecule is Cc1nc(C2CN(C(=O)c3sc(C)nc3C)CCCN2C(=O)c2ccccc2)n[nH]1. The summed E-state index contributed by atoms with van der Waals surface area (Å²) in [7, 11) is 0. The van der Waals surface area contributed by atoms with Crippen LogP contribution in [0.1, 0.15) is 54.8 Å². The number of H-pyrrole nitrogens is 1. The van der Waals surface area contributed by atoms with Crippen molar-refractivity contribution in [3.05, 3.63) is 63.1 Å². The Morgan fingerprint density at radius 3 is 2.47 bits per heavy atom. The van der Waals surface area contributed by atoms with Gasteiger partial charge < -0.3 is 9.80 Å². The van der Waals surface area contributed by atoms with Crippen LogP contribution in [0.3, 0.4) is 0 Å². The lowest BCUT2D eigenvalue weighted by Crippen LogP contribution is -2.40. The highest BCUT2D eigenvalue weighted by atomic mass is 32.1. The van der Waals surface area contributed by atoms with Crippen molar-refractivity contribution in [2.75, 3.05) is 19.6 Å². The normalized spacial score (nSPS) is 17.1. The summed E-state index contributed by atoms with van der Waals surface area (Å²) in [6.07, 6.45) is 0.682. The Morgan fingerprint density at radius 1 is 1.07 bits per heavy atom. The first-order valence-electron chi connectivity index (χ1n) is 9.92. The van der Waals surface area contributed by atoms with Crippen LogP contribution in [-0.2, 0) is 0 Å². The number of benzene rings is 1. The van der Waals surface area contributed by atoms with Gasteiger partial charge in [0.25, 0.3) is 11.8 Å². The van der Waals surface area contributed by atoms with E-state index in [0.717, 1.165) is 10.7 Å². The summed E-state index contributed by atoms with van der Waals surface area (Å²) in [4.78, 5) is 39.7. The monoisotopic (exact) mass is 424 g/mol. The van der Waals surface area contributed by atoms with E-state index in [9.17, 15) is 9.59 Å². The molecule has 4 rings (SSSR count). The van der Waals surface area contributed by atoms with E-state index in [-0.39, 0.29) is 11.8 Å². The molecular weight excluding hydrogens is 400 g/mol. The number of rotatable bonds is 3. The number of nitrogens with one attached hydrogen (secondary N) is 1. The molecule has 0 aliphatic carbocycles. The van der Waals surface area contributed by atoms with Crippen molar-refractivity contribution in [2.24, 2.45) is 0 Å². The zero-order valence-corrected chi connectivity index (χ0v) is 18.1. The van der Waals surface area contributed by atoms with Crippen LogP contribution in [0.5, 0.6) is 0 Å². The third-order valence-corrected chi connectivity index (χ3v) is 6.24. The Morgan fingerprint density at radius 2 is 1.83 bits per heavy atom. The zero-order valence-electron chi connectivity index (χ0n) is 17.3. The van der Waals surface area contributed by atoms with E-state index in [1.54, 1.807) is 21.9 Å². The molecule has 0 bridgehead atoms. The Labute approximate surface area is 179 Å². The molecule has 0 spiro atoms. The second kappa shape index (κ2) is 8.35. The van der Waals surface area contributed by atoms with Gasteiger partial charge in [0.1, 0.15) is 16.7 Å². The van der Waals surface area contributed by atoms with E-state index in [1.807, 2.05) is 39.0 Å². The van der Waals surface area contributed by atoms with Crippen molar-refractivity contribution in [3.63, 3.8) is 0 Å². The lowest BCUT2D eigenvalue weighted by atomic mass is 10.1. The van der Waals surface area contributed by atoms with E-state index in [2.05, 4.69) is 20.2 Å². The molecule has 1 atom stereocenters. The number of aromatic amines is 1. The molecule has 0 radical (unpaired) electrons. The third kappa shape index (κ3) is 3.97. The molecule has 1 aliphatic rings. The van der Waals surface area contributed by atoms with Gasteiger partial charge in [0, 0.05) is 25.2 Å². The smallest absolute Gasteiger partial charge is 0.265 e. The predicted octanol–water partition coefficient (Wildman–Crippen LogP) is 2.92. The average molecular weight is 425 g/mol. The minimum atomic E-state index is -0.427. The largest absolute Gasteiger partial charge is 0.335 e. The number of thiazole rings is 1. The van der Waals surface area contributed by atoms with Crippen molar-refractivity contribution >= 4 is 23.2 Å². The Balaban J connectivity index is 1.67. The lowest BCUT2D eigenvalue weighted by molar-refractivity contribution is 0.0624. The number of hydrogen-bond donors (Lipinski definition) is 1. The van der Waals surface area contributed by atoms with Gasteiger partial charge in [0.2, 0.25) is 0 Å². The second-order valence-corrected chi connectivity index (χ2v) is 8.61. The van der Waals surface area contributed by atoms with Crippen LogP contribution in [0, 0.1) is 20.8 Å². The highest BCUT2D eigenvalue weighted by molar-refractivity contribution is 7.13. The fraction of sp³-hybridized carbons (Fsp3) is 0.381. The maximum absolute atomic E-state index is 13.3. The molecule has 1 aromatic carbocycles. The summed E-state index contributed by atoms with van der Waals surface area (Å²) in [5.74, 6) is 1.06. The van der Waals surface area contributed by atoms with Crippen molar-refractivity contribution in [1.82, 2.24) is 30.0 Å². The molecule has 2 amide bonds. The Bertz CT molecular complexity index is 1060. The van der Waals surface area contributed by atoms with Crippen molar-refractivity contribution in [1.29, 1.82) is 0 Å². The molecule has 2 aromatic heterocycles. The molecule has 30 heavy (non-hydrogen) atoms. The maximum atomic E-state index is 13.3. The summed E-state index contributed by atoms with van der Waals surface area (Å²) in [6, 6.07) is 8.77. The molecule has 1 saturated heterocycles. The highest BCUT2D eigenvalue weighted by Crippen LogP contribution is 2.27. The fourth-order valence-electron chi connectivity index (χ4n) is 3.76. The highest BCUT2D eigenvalue weighted by Gasteiger charge is 2.35. The third-order valence-electron chi connectivity index (χ3n) is 5.18. The molecule has 1 unspecified atom stereocenters. The van der Waals surface area contributed by atoms with Crippen molar-refractivity contribution < 1.29 is 9.59 Å². The number of hydrogen-bond acceptors (Lipinski definition) is 6. The number of aryl methyl sites for hydroxylation is 3. The van der Waals surface area contributed by atoms with Crippen LogP contribution in [-0.4, -0.2) is 61.4 Å². The molecule has 3 aromatic rings. The Hall–Kier alpha value is -3.07. The van der Waals surface area contributed by atoms with E-state index in [0.29, 0.717) is 48.1 Å². The average Bonchev–Trinajstić information content (AvgIpc) is 3.24. The van der Waals surface area contributed by atoms with Crippen molar-refractivity contribution in [3.8, 4) is 0 Å². The first-order valence-corrected chi connectivity index (χ1v) is 10.7. The van der Waals surface area contributed by atoms with E-state index in [1.165, 1.54) is 11.3 Å². The molecule has 1 aliphatic heterocycles. The number of carbonyl (C=O) groups is 2. The topological polar surface area (TPSA) is 95.1 Å². The van der Waals surface area contributed by atoms with E-state index in [4.69, 9.17) is 0 Å². The molecule has 156 valence electrons. The molecule has 8 nitrogen and oxygen atoms in total. The number of carbonyl (C=O) groups excluding carboxylic acids is 2. The summed E-state index contributed by atoms with van der Waals surface area (Å²) in [5.41, 5.74) is 1.36. The molecule has 3 heterocycles. The number of aromatic nitrogens is 4. The van der Waals surface area contributed by atoms with E-state index < -0.39 is 6.04 Å². The van der Waals surface area contributed by atoms with Crippen LogP contribution in [0.15, 0.2) is 30.3 Å². The summed E-state index contributed by atoms with van der Waals surface area (Å²) in [6.45, 7) is 7.00. The summed E-state index contributed by atoms with van der Waals surface area (Å²) < 4.78 is 0. The Kier molecular flexibility index (Phi) is 5.63. The van der Waals surface area contributed by atoms with Crippen LogP contribution >= 0.6 is 11.3 Å². The van der Waals surface area contributed by atoms with E-state index >= 15 is 0 Å². The summed E-state index contributed by atoms with van der Waals surface area (Å²) in [5, 5.41) is 8.05. The number of nitrogens with zero attached hydrogens (tertiary/aromatic N) is 5. The second-order valence-electron chi connectivity index (χ2n) is 7.41. The minimum Gasteiger partial charge on any atom is -0.335 e. The molecular formula is C21H24N6O2S. The van der Waals surface area contributed by atoms with Crippen LogP contribution in [0.4, 0.5) is 0 Å². The quantitative estimate of drug-likeness (QED) is 0.698. The summed E-state index contributed by atoms with van der Waals surface area (Å²) >= 11 is 1.41. The minimum absolute atomic E-state index is 0.0515. The van der Waals surface area contributed by atoms with Crippen LogP contribution in [0.2, 0.25) is 0 Å². The first kappa shape index (κ1) is 20.2. The van der Waals surface area contributed by atoms with Gasteiger partial charge in [0.05, 0.1) is 10.7 Å². The molecule has 1 N–H and O–H groups in total. The lowest BCUT2D eigenvalue weighted by Gasteiger charge is -2.30. The van der Waals surface area contributed by atoms with Gasteiger partial charge in [-0.1, -0.05) is 18.2 Å². The van der Waals surface area contributed by atoms with Crippen LogP contribution < -0.4 is 0 Å². The predicted molar refractivity (Wildman–Crippen MR) is 113 cm³/mol. The van der Waals surface area contributed by atoms with Gasteiger partial charge in [-0.25, -0.2) is 9.97 Å². The standard InChI is InChI=1S/C21H24N6O2S/c1-13-18(30-15(3)22-13)21(29)26-10-7-11-27(20(28)16-8-5-4-6-9-16)17(12-26)19-23-14(2)24-25-19/h4-6,8-9,17H,7,10-12H2,1-3H3,(H,23,24,25). The van der Waals surface area contributed by atoms with Crippen molar-refractivity contribution in [2.45, 2.75) is 33.2 Å². The zero-order chi connectivity index (χ0) is 21.3. The van der Waals surface area contributed by atoms with Crippen LogP contribution in [0.25, 0.3) is 0 Å². The maximum Gasteiger partial charge on any atom is 0.265 e.